The summed E-state index contributed by atoms with van der Waals surface area (Å²) < 4.78 is 25.6. The lowest BCUT2D eigenvalue weighted by Crippen LogP contribution is -2.46. The van der Waals surface area contributed by atoms with Crippen LogP contribution in [0, 0.1) is 5.82 Å². The molecule has 0 aromatic heterocycles. The standard InChI is InChI=1S/C28H27FN2O4/c1-2-34-20-9-7-19(8-10-20)17-26-27(33)21-11-12-25(32)22(28(21)35-26)18-30-13-15-31(16-14-30)24-6-4-3-5-23(24)29/h3-12,17,32H,2,13-16,18H2,1H3/b26-17-. The highest BCUT2D eigenvalue weighted by atomic mass is 19.1. The van der Waals surface area contributed by atoms with Crippen molar-refractivity contribution in [2.75, 3.05) is 37.7 Å². The number of benzene rings is 3. The van der Waals surface area contributed by atoms with E-state index >= 15 is 0 Å². The average Bonchev–Trinajstić information content (AvgIpc) is 3.18. The highest BCUT2D eigenvalue weighted by Crippen LogP contribution is 2.40. The second kappa shape index (κ2) is 9.80. The fraction of sp³-hybridized carbons (Fsp3) is 0.250. The number of para-hydroxylation sites is 1. The van der Waals surface area contributed by atoms with Crippen molar-refractivity contribution in [1.82, 2.24) is 4.90 Å². The molecule has 5 rings (SSSR count). The predicted molar refractivity (Wildman–Crippen MR) is 133 cm³/mol. The summed E-state index contributed by atoms with van der Waals surface area (Å²) in [6.45, 7) is 5.67. The van der Waals surface area contributed by atoms with Gasteiger partial charge in [0.05, 0.1) is 23.4 Å². The summed E-state index contributed by atoms with van der Waals surface area (Å²) in [5.74, 6) is 1.05. The molecule has 1 fully saturated rings. The Hall–Kier alpha value is -3.84. The molecule has 0 amide bonds. The summed E-state index contributed by atoms with van der Waals surface area (Å²) >= 11 is 0. The van der Waals surface area contributed by atoms with Gasteiger partial charge in [-0.25, -0.2) is 4.39 Å². The summed E-state index contributed by atoms with van der Waals surface area (Å²) in [5.41, 5.74) is 2.46. The smallest absolute Gasteiger partial charge is 0.231 e. The predicted octanol–water partition coefficient (Wildman–Crippen LogP) is 4.87. The Morgan fingerprint density at radius 1 is 1.03 bits per heavy atom. The fourth-order valence-corrected chi connectivity index (χ4v) is 4.51. The number of carbonyl (C=O) groups excluding carboxylic acids is 1. The van der Waals surface area contributed by atoms with E-state index in [-0.39, 0.29) is 23.1 Å². The van der Waals surface area contributed by atoms with Crippen LogP contribution in [0.5, 0.6) is 17.2 Å². The van der Waals surface area contributed by atoms with Gasteiger partial charge in [0, 0.05) is 32.7 Å². The van der Waals surface area contributed by atoms with Crippen LogP contribution in [0.1, 0.15) is 28.4 Å². The van der Waals surface area contributed by atoms with Gasteiger partial charge in [0.1, 0.15) is 23.1 Å². The van der Waals surface area contributed by atoms with E-state index in [0.717, 1.165) is 11.3 Å². The third-order valence-electron chi connectivity index (χ3n) is 6.35. The molecule has 2 aliphatic heterocycles. The van der Waals surface area contributed by atoms with Crippen molar-refractivity contribution < 1.29 is 23.8 Å². The third kappa shape index (κ3) is 4.72. The molecule has 0 unspecified atom stereocenters. The topological polar surface area (TPSA) is 62.2 Å². The number of hydrogen-bond acceptors (Lipinski definition) is 6. The van der Waals surface area contributed by atoms with Gasteiger partial charge in [-0.05, 0) is 55.0 Å². The Labute approximate surface area is 203 Å². The summed E-state index contributed by atoms with van der Waals surface area (Å²) in [5, 5.41) is 10.6. The van der Waals surface area contributed by atoms with E-state index in [0.29, 0.717) is 61.9 Å². The zero-order valence-corrected chi connectivity index (χ0v) is 19.5. The number of fused-ring (bicyclic) bond motifs is 1. The molecule has 3 aromatic carbocycles. The van der Waals surface area contributed by atoms with Crippen molar-refractivity contribution in [3.8, 4) is 17.2 Å². The molecule has 35 heavy (non-hydrogen) atoms. The second-order valence-electron chi connectivity index (χ2n) is 8.60. The third-order valence-corrected chi connectivity index (χ3v) is 6.35. The number of phenols is 1. The van der Waals surface area contributed by atoms with Gasteiger partial charge in [-0.15, -0.1) is 0 Å². The minimum atomic E-state index is -0.224. The van der Waals surface area contributed by atoms with Gasteiger partial charge in [-0.2, -0.15) is 0 Å². The van der Waals surface area contributed by atoms with Crippen molar-refractivity contribution in [2.24, 2.45) is 0 Å². The molecule has 0 spiro atoms. The molecule has 2 aliphatic rings. The van der Waals surface area contributed by atoms with Crippen LogP contribution in [0.4, 0.5) is 10.1 Å². The lowest BCUT2D eigenvalue weighted by atomic mass is 10.0. The van der Waals surface area contributed by atoms with Crippen LogP contribution in [0.15, 0.2) is 66.4 Å². The summed E-state index contributed by atoms with van der Waals surface area (Å²) in [4.78, 5) is 17.2. The fourth-order valence-electron chi connectivity index (χ4n) is 4.51. The number of carbonyl (C=O) groups is 1. The molecule has 3 aromatic rings. The molecule has 2 heterocycles. The van der Waals surface area contributed by atoms with Crippen LogP contribution in [0.3, 0.4) is 0 Å². The number of nitrogens with zero attached hydrogens (tertiary/aromatic N) is 2. The van der Waals surface area contributed by atoms with E-state index in [4.69, 9.17) is 9.47 Å². The molecule has 0 radical (unpaired) electrons. The molecule has 0 aliphatic carbocycles. The van der Waals surface area contributed by atoms with Crippen LogP contribution < -0.4 is 14.4 Å². The van der Waals surface area contributed by atoms with E-state index in [2.05, 4.69) is 4.90 Å². The van der Waals surface area contributed by atoms with Crippen LogP contribution in [-0.4, -0.2) is 48.6 Å². The van der Waals surface area contributed by atoms with E-state index in [9.17, 15) is 14.3 Å². The highest BCUT2D eigenvalue weighted by Gasteiger charge is 2.32. The minimum Gasteiger partial charge on any atom is -0.507 e. The number of allylic oxidation sites excluding steroid dienone is 1. The lowest BCUT2D eigenvalue weighted by molar-refractivity contribution is 0.101. The first-order valence-corrected chi connectivity index (χ1v) is 11.8. The minimum absolute atomic E-state index is 0.0930. The molecule has 1 saturated heterocycles. The van der Waals surface area contributed by atoms with Gasteiger partial charge in [0.25, 0.3) is 0 Å². The average molecular weight is 475 g/mol. The van der Waals surface area contributed by atoms with Crippen molar-refractivity contribution in [3.63, 3.8) is 0 Å². The van der Waals surface area contributed by atoms with Gasteiger partial charge in [-0.3, -0.25) is 9.69 Å². The number of rotatable bonds is 6. The molecule has 6 nitrogen and oxygen atoms in total. The quantitative estimate of drug-likeness (QED) is 0.515. The first-order valence-electron chi connectivity index (χ1n) is 11.8. The Balaban J connectivity index is 1.31. The van der Waals surface area contributed by atoms with E-state index in [1.807, 2.05) is 42.2 Å². The number of phenolic OH excluding ortho intramolecular Hbond substituents is 1. The van der Waals surface area contributed by atoms with Gasteiger partial charge < -0.3 is 19.5 Å². The SMILES string of the molecule is CCOc1ccc(/C=C2\Oc3c(ccc(O)c3CN3CCN(c4ccccc4F)CC3)C2=O)cc1. The number of piperazine rings is 1. The zero-order valence-electron chi connectivity index (χ0n) is 19.5. The maximum atomic E-state index is 14.2. The van der Waals surface area contributed by atoms with E-state index in [1.165, 1.54) is 6.07 Å². The number of ether oxygens (including phenoxy) is 2. The van der Waals surface area contributed by atoms with Gasteiger partial charge in [0.15, 0.2) is 5.76 Å². The summed E-state index contributed by atoms with van der Waals surface area (Å²) in [6, 6.07) is 17.4. The molecule has 180 valence electrons. The number of Topliss-reactive ketones (excluding diaryl/α,β-unsaturated/α-hetero) is 1. The first kappa shape index (κ1) is 22.9. The Kier molecular flexibility index (Phi) is 6.42. The molecular weight excluding hydrogens is 447 g/mol. The van der Waals surface area contributed by atoms with Crippen molar-refractivity contribution in [3.05, 3.63) is 88.9 Å². The molecule has 7 heteroatoms. The second-order valence-corrected chi connectivity index (χ2v) is 8.60. The number of hydrogen-bond donors (Lipinski definition) is 1. The zero-order chi connectivity index (χ0) is 24.4. The summed E-state index contributed by atoms with van der Waals surface area (Å²) in [6.07, 6.45) is 1.70. The van der Waals surface area contributed by atoms with E-state index < -0.39 is 0 Å². The Morgan fingerprint density at radius 3 is 2.49 bits per heavy atom. The molecule has 0 atom stereocenters. The van der Waals surface area contributed by atoms with Gasteiger partial charge in [-0.1, -0.05) is 24.3 Å². The molecule has 0 bridgehead atoms. The molecule has 0 saturated carbocycles. The molecular formula is C28H27FN2O4. The number of halogens is 1. The maximum Gasteiger partial charge on any atom is 0.231 e. The van der Waals surface area contributed by atoms with Crippen molar-refractivity contribution in [1.29, 1.82) is 0 Å². The van der Waals surface area contributed by atoms with Gasteiger partial charge in [0.2, 0.25) is 5.78 Å². The number of anilines is 1. The number of ketones is 1. The monoisotopic (exact) mass is 474 g/mol. The van der Waals surface area contributed by atoms with Crippen LogP contribution in [-0.2, 0) is 6.54 Å². The normalized spacial score (nSPS) is 16.9. The van der Waals surface area contributed by atoms with Crippen LogP contribution in [0.25, 0.3) is 6.08 Å². The largest absolute Gasteiger partial charge is 0.507 e. The lowest BCUT2D eigenvalue weighted by Gasteiger charge is -2.36. The van der Waals surface area contributed by atoms with Crippen molar-refractivity contribution >= 4 is 17.5 Å². The highest BCUT2D eigenvalue weighted by molar-refractivity contribution is 6.15. The maximum absolute atomic E-state index is 14.2. The molecule has 1 N–H and O–H groups in total. The van der Waals surface area contributed by atoms with Gasteiger partial charge >= 0.3 is 0 Å². The van der Waals surface area contributed by atoms with E-state index in [1.54, 1.807) is 30.3 Å². The van der Waals surface area contributed by atoms with Crippen molar-refractivity contribution in [2.45, 2.75) is 13.5 Å². The van der Waals surface area contributed by atoms with Crippen LogP contribution in [0.2, 0.25) is 0 Å². The first-order chi connectivity index (χ1) is 17.0. The Morgan fingerprint density at radius 2 is 1.77 bits per heavy atom. The number of aromatic hydroxyl groups is 1. The Bertz CT molecular complexity index is 1260. The van der Waals surface area contributed by atoms with Crippen LogP contribution >= 0.6 is 0 Å². The summed E-state index contributed by atoms with van der Waals surface area (Å²) in [7, 11) is 0.